The fourth-order valence-corrected chi connectivity index (χ4v) is 2.15. The third-order valence-electron chi connectivity index (χ3n) is 3.31. The maximum absolute atomic E-state index is 12.3. The molecule has 2 rings (SSSR count). The molecule has 0 saturated heterocycles. The molecule has 0 bridgehead atoms. The van der Waals surface area contributed by atoms with Crippen molar-refractivity contribution in [3.8, 4) is 5.75 Å². The van der Waals surface area contributed by atoms with E-state index in [9.17, 15) is 9.90 Å². The second kappa shape index (κ2) is 7.02. The summed E-state index contributed by atoms with van der Waals surface area (Å²) in [5.41, 5.74) is 1.18. The number of carbonyl (C=O) groups is 1. The summed E-state index contributed by atoms with van der Waals surface area (Å²) in [6, 6.07) is 15.8. The fourth-order valence-electron chi connectivity index (χ4n) is 2.15. The van der Waals surface area contributed by atoms with Gasteiger partial charge in [-0.25, -0.2) is 0 Å². The van der Waals surface area contributed by atoms with Gasteiger partial charge in [-0.05, 0) is 17.7 Å². The maximum Gasteiger partial charge on any atom is 0.194 e. The minimum Gasteiger partial charge on any atom is -0.497 e. The number of ketones is 1. The summed E-state index contributed by atoms with van der Waals surface area (Å²) in [4.78, 5) is 12.3. The summed E-state index contributed by atoms with van der Waals surface area (Å²) in [6.07, 6.45) is -1.98. The first kappa shape index (κ1) is 15.2. The van der Waals surface area contributed by atoms with Crippen molar-refractivity contribution in [3.05, 3.63) is 65.7 Å². The van der Waals surface area contributed by atoms with Gasteiger partial charge in [0.2, 0.25) is 0 Å². The molecule has 4 heteroatoms. The van der Waals surface area contributed by atoms with Gasteiger partial charge in [0.05, 0.1) is 7.11 Å². The Morgan fingerprint density at radius 1 is 1.00 bits per heavy atom. The number of rotatable bonds is 6. The van der Waals surface area contributed by atoms with Crippen molar-refractivity contribution in [3.63, 3.8) is 0 Å². The molecule has 0 aliphatic heterocycles. The van der Waals surface area contributed by atoms with E-state index in [1.807, 2.05) is 6.07 Å². The minimum absolute atomic E-state index is 0.363. The highest BCUT2D eigenvalue weighted by Crippen LogP contribution is 2.25. The molecule has 110 valence electrons. The van der Waals surface area contributed by atoms with Crippen molar-refractivity contribution in [2.24, 2.45) is 0 Å². The highest BCUT2D eigenvalue weighted by molar-refractivity contribution is 5.99. The van der Waals surface area contributed by atoms with Crippen LogP contribution in [0.1, 0.15) is 22.0 Å². The summed E-state index contributed by atoms with van der Waals surface area (Å²) < 4.78 is 10.4. The Kier molecular flexibility index (Phi) is 5.09. The highest BCUT2D eigenvalue weighted by Gasteiger charge is 2.28. The second-order valence-electron chi connectivity index (χ2n) is 4.60. The zero-order chi connectivity index (χ0) is 15.2. The van der Waals surface area contributed by atoms with Crippen molar-refractivity contribution >= 4 is 5.78 Å². The number of carbonyl (C=O) groups excluding carboxylic acids is 1. The molecule has 2 aromatic carbocycles. The normalized spacial score (nSPS) is 13.5. The minimum atomic E-state index is -1.26. The first-order chi connectivity index (χ1) is 10.2. The average Bonchev–Trinajstić information content (AvgIpc) is 2.56. The second-order valence-corrected chi connectivity index (χ2v) is 4.60. The van der Waals surface area contributed by atoms with Crippen LogP contribution in [0.5, 0.6) is 5.75 Å². The van der Waals surface area contributed by atoms with E-state index >= 15 is 0 Å². The monoisotopic (exact) mass is 286 g/mol. The zero-order valence-corrected chi connectivity index (χ0v) is 12.0. The fraction of sp³-hybridized carbons (Fsp3) is 0.235. The molecule has 0 heterocycles. The van der Waals surface area contributed by atoms with Gasteiger partial charge in [0.15, 0.2) is 5.78 Å². The standard InChI is InChI=1S/C17H18O4/c1-20-14-10-8-13(9-11-14)17(21-2)16(19)15(18)12-6-4-3-5-7-12/h3-11,16-17,19H,1-2H3/t16-,17+/m0/s1. The van der Waals surface area contributed by atoms with Gasteiger partial charge in [-0.2, -0.15) is 0 Å². The predicted octanol–water partition coefficient (Wildman–Crippen LogP) is 2.63. The van der Waals surface area contributed by atoms with Crippen LogP contribution < -0.4 is 4.74 Å². The van der Waals surface area contributed by atoms with Crippen LogP contribution in [-0.2, 0) is 4.74 Å². The number of benzene rings is 2. The molecule has 0 fully saturated rings. The summed E-state index contributed by atoms with van der Waals surface area (Å²) in [5.74, 6) is 0.343. The molecule has 4 nitrogen and oxygen atoms in total. The predicted molar refractivity (Wildman–Crippen MR) is 79.5 cm³/mol. The third-order valence-corrected chi connectivity index (χ3v) is 3.31. The number of hydrogen-bond acceptors (Lipinski definition) is 4. The van der Waals surface area contributed by atoms with Gasteiger partial charge in [0.1, 0.15) is 18.0 Å². The van der Waals surface area contributed by atoms with Crippen molar-refractivity contribution in [2.45, 2.75) is 12.2 Å². The number of Topliss-reactive ketones (excluding diaryl/α,β-unsaturated/α-hetero) is 1. The summed E-state index contributed by atoms with van der Waals surface area (Å²) in [7, 11) is 3.05. The van der Waals surface area contributed by atoms with Crippen LogP contribution in [-0.4, -0.2) is 31.2 Å². The van der Waals surface area contributed by atoms with Crippen LogP contribution in [0.4, 0.5) is 0 Å². The SMILES string of the molecule is COc1ccc([C@@H](OC)[C@@H](O)C(=O)c2ccccc2)cc1. The summed E-state index contributed by atoms with van der Waals surface area (Å²) >= 11 is 0. The molecule has 0 aliphatic rings. The summed E-state index contributed by atoms with van der Waals surface area (Å²) in [5, 5.41) is 10.3. The molecule has 0 unspecified atom stereocenters. The first-order valence-corrected chi connectivity index (χ1v) is 6.61. The number of aliphatic hydroxyl groups excluding tert-OH is 1. The van der Waals surface area contributed by atoms with Gasteiger partial charge in [-0.15, -0.1) is 0 Å². The summed E-state index contributed by atoms with van der Waals surface area (Å²) in [6.45, 7) is 0. The van der Waals surface area contributed by atoms with Gasteiger partial charge in [0, 0.05) is 12.7 Å². The lowest BCUT2D eigenvalue weighted by molar-refractivity contribution is -0.00432. The molecule has 0 spiro atoms. The van der Waals surface area contributed by atoms with Crippen LogP contribution in [0, 0.1) is 0 Å². The van der Waals surface area contributed by atoms with Crippen LogP contribution in [0.25, 0.3) is 0 Å². The van der Waals surface area contributed by atoms with E-state index in [4.69, 9.17) is 9.47 Å². The Bertz CT molecular complexity index is 577. The Hall–Kier alpha value is -2.17. The van der Waals surface area contributed by atoms with Crippen molar-refractivity contribution in [2.75, 3.05) is 14.2 Å². The molecule has 2 atom stereocenters. The van der Waals surface area contributed by atoms with Crippen molar-refractivity contribution < 1.29 is 19.4 Å². The van der Waals surface area contributed by atoms with E-state index in [1.54, 1.807) is 55.6 Å². The maximum atomic E-state index is 12.3. The first-order valence-electron chi connectivity index (χ1n) is 6.61. The van der Waals surface area contributed by atoms with Crippen molar-refractivity contribution in [1.82, 2.24) is 0 Å². The Labute approximate surface area is 123 Å². The third kappa shape index (κ3) is 3.48. The molecule has 2 aromatic rings. The number of methoxy groups -OCH3 is 2. The molecule has 0 amide bonds. The topological polar surface area (TPSA) is 55.8 Å². The Balaban J connectivity index is 2.21. The molecular weight excluding hydrogens is 268 g/mol. The van der Waals surface area contributed by atoms with E-state index in [0.29, 0.717) is 11.3 Å². The lowest BCUT2D eigenvalue weighted by Crippen LogP contribution is -2.29. The number of aliphatic hydroxyl groups is 1. The highest BCUT2D eigenvalue weighted by atomic mass is 16.5. The van der Waals surface area contributed by atoms with Gasteiger partial charge in [-0.3, -0.25) is 4.79 Å². The molecule has 0 radical (unpaired) electrons. The van der Waals surface area contributed by atoms with Gasteiger partial charge in [-0.1, -0.05) is 42.5 Å². The van der Waals surface area contributed by atoms with Gasteiger partial charge in [0.25, 0.3) is 0 Å². The van der Waals surface area contributed by atoms with E-state index < -0.39 is 12.2 Å². The average molecular weight is 286 g/mol. The van der Waals surface area contributed by atoms with Crippen LogP contribution in [0.15, 0.2) is 54.6 Å². The molecule has 1 N–H and O–H groups in total. The van der Waals surface area contributed by atoms with Crippen molar-refractivity contribution in [1.29, 1.82) is 0 Å². The van der Waals surface area contributed by atoms with Crippen LogP contribution in [0.3, 0.4) is 0 Å². The Morgan fingerprint density at radius 2 is 1.62 bits per heavy atom. The van der Waals surface area contributed by atoms with Gasteiger partial charge >= 0.3 is 0 Å². The number of hydrogen-bond donors (Lipinski definition) is 1. The van der Waals surface area contributed by atoms with Crippen LogP contribution in [0.2, 0.25) is 0 Å². The smallest absolute Gasteiger partial charge is 0.194 e. The molecule has 0 aromatic heterocycles. The lowest BCUT2D eigenvalue weighted by Gasteiger charge is -2.21. The number of ether oxygens (including phenoxy) is 2. The molecule has 0 saturated carbocycles. The molecule has 0 aliphatic carbocycles. The van der Waals surface area contributed by atoms with Crippen LogP contribution >= 0.6 is 0 Å². The zero-order valence-electron chi connectivity index (χ0n) is 12.0. The van der Waals surface area contributed by atoms with E-state index in [0.717, 1.165) is 5.56 Å². The Morgan fingerprint density at radius 3 is 2.14 bits per heavy atom. The largest absolute Gasteiger partial charge is 0.497 e. The lowest BCUT2D eigenvalue weighted by atomic mass is 9.97. The van der Waals surface area contributed by atoms with E-state index in [2.05, 4.69) is 0 Å². The molecule has 21 heavy (non-hydrogen) atoms. The molecular formula is C17H18O4. The van der Waals surface area contributed by atoms with E-state index in [1.165, 1.54) is 7.11 Å². The van der Waals surface area contributed by atoms with Gasteiger partial charge < -0.3 is 14.6 Å². The van der Waals surface area contributed by atoms with E-state index in [-0.39, 0.29) is 5.78 Å². The quantitative estimate of drug-likeness (QED) is 0.829.